The zero-order chi connectivity index (χ0) is 28.6. The van der Waals surface area contributed by atoms with Gasteiger partial charge >= 0.3 is 0 Å². The minimum Gasteiger partial charge on any atom is -0.288 e. The smallest absolute Gasteiger partial charge is 0.266 e. The van der Waals surface area contributed by atoms with Crippen molar-refractivity contribution in [2.45, 2.75) is 24.3 Å². The summed E-state index contributed by atoms with van der Waals surface area (Å²) in [7, 11) is -3.62. The third-order valence-corrected chi connectivity index (χ3v) is 10.7. The molecule has 0 radical (unpaired) electrons. The molecule has 208 valence electrons. The highest BCUT2D eigenvalue weighted by molar-refractivity contribution is 8.26. The molecule has 2 saturated heterocycles. The van der Waals surface area contributed by atoms with E-state index in [0.29, 0.717) is 44.2 Å². The van der Waals surface area contributed by atoms with Crippen LogP contribution in [0.4, 0.5) is 0 Å². The zero-order valence-electron chi connectivity index (χ0n) is 21.8. The second kappa shape index (κ2) is 11.5. The van der Waals surface area contributed by atoms with Gasteiger partial charge in [0.25, 0.3) is 5.91 Å². The van der Waals surface area contributed by atoms with Crippen molar-refractivity contribution >= 4 is 61.9 Å². The maximum absolute atomic E-state index is 13.5. The molecule has 11 heteroatoms. The summed E-state index contributed by atoms with van der Waals surface area (Å²) < 4.78 is 30.3. The largest absolute Gasteiger partial charge is 0.288 e. The molecule has 0 unspecified atom stereocenters. The van der Waals surface area contributed by atoms with E-state index in [9.17, 15) is 13.2 Å². The number of benzene rings is 3. The van der Waals surface area contributed by atoms with Crippen LogP contribution in [0, 0.1) is 0 Å². The predicted octanol–water partition coefficient (Wildman–Crippen LogP) is 6.38. The van der Waals surface area contributed by atoms with Gasteiger partial charge in [-0.2, -0.15) is 9.40 Å². The third-order valence-electron chi connectivity index (χ3n) is 7.02. The van der Waals surface area contributed by atoms with Crippen molar-refractivity contribution in [2.75, 3.05) is 13.1 Å². The summed E-state index contributed by atoms with van der Waals surface area (Å²) in [5.74, 6) is -0.219. The van der Waals surface area contributed by atoms with Gasteiger partial charge in [-0.25, -0.2) is 13.1 Å². The molecule has 2 aliphatic heterocycles. The number of sulfonamides is 1. The van der Waals surface area contributed by atoms with Gasteiger partial charge in [0, 0.05) is 35.4 Å². The van der Waals surface area contributed by atoms with Crippen LogP contribution in [0.1, 0.15) is 24.0 Å². The molecule has 0 aliphatic carbocycles. The summed E-state index contributed by atoms with van der Waals surface area (Å²) >= 11 is 13.1. The standard InChI is InChI=1S/C30H25ClN4O3S3/c31-26-14-5-4-9-22(26)19-34-29(36)27(40-30(34)39)18-23-20-35(24-11-2-1-3-12-24)32-28(23)21-10-8-13-25(17-21)41(37,38)33-15-6-7-16-33/h1-5,8-14,17-18,20H,6-7,15-16,19H2. The maximum atomic E-state index is 13.5. The van der Waals surface area contributed by atoms with E-state index in [1.54, 1.807) is 35.0 Å². The van der Waals surface area contributed by atoms with Gasteiger partial charge in [-0.1, -0.05) is 84.1 Å². The predicted molar refractivity (Wildman–Crippen MR) is 167 cm³/mol. The van der Waals surface area contributed by atoms with Crippen LogP contribution in [0.2, 0.25) is 5.02 Å². The topological polar surface area (TPSA) is 75.5 Å². The number of rotatable bonds is 7. The second-order valence-corrected chi connectivity index (χ2v) is 13.7. The highest BCUT2D eigenvalue weighted by Gasteiger charge is 2.33. The molecule has 1 aromatic heterocycles. The normalized spacial score (nSPS) is 17.2. The molecule has 7 nitrogen and oxygen atoms in total. The molecule has 2 aliphatic rings. The van der Waals surface area contributed by atoms with Crippen molar-refractivity contribution in [3.05, 3.63) is 106 Å². The number of carbonyl (C=O) groups excluding carboxylic acids is 1. The van der Waals surface area contributed by atoms with Crippen molar-refractivity contribution in [3.8, 4) is 16.9 Å². The van der Waals surface area contributed by atoms with Crippen LogP contribution in [-0.2, 0) is 21.4 Å². The lowest BCUT2D eigenvalue weighted by molar-refractivity contribution is -0.122. The minimum absolute atomic E-state index is 0.219. The van der Waals surface area contributed by atoms with Crippen LogP contribution >= 0.6 is 35.6 Å². The number of thiocarbonyl (C=S) groups is 1. The first-order chi connectivity index (χ1) is 19.8. The first-order valence-electron chi connectivity index (χ1n) is 13.1. The fraction of sp³-hybridized carbons (Fsp3) is 0.167. The van der Waals surface area contributed by atoms with Gasteiger partial charge in [-0.15, -0.1) is 0 Å². The van der Waals surface area contributed by atoms with E-state index in [-0.39, 0.29) is 17.3 Å². The van der Waals surface area contributed by atoms with Crippen LogP contribution in [-0.4, -0.2) is 50.7 Å². The molecule has 0 atom stereocenters. The summed E-state index contributed by atoms with van der Waals surface area (Å²) in [4.78, 5) is 15.7. The van der Waals surface area contributed by atoms with Crippen LogP contribution in [0.3, 0.4) is 0 Å². The van der Waals surface area contributed by atoms with E-state index in [0.717, 1.165) is 24.1 Å². The Morgan fingerprint density at radius 3 is 2.46 bits per heavy atom. The molecule has 3 heterocycles. The number of hydrogen-bond donors (Lipinski definition) is 0. The van der Waals surface area contributed by atoms with Crippen molar-refractivity contribution in [1.82, 2.24) is 19.0 Å². The van der Waals surface area contributed by atoms with Gasteiger partial charge in [-0.05, 0) is 54.8 Å². The third kappa shape index (κ3) is 5.62. The number of hydrogen-bond acceptors (Lipinski definition) is 6. The van der Waals surface area contributed by atoms with E-state index in [4.69, 9.17) is 28.9 Å². The molecule has 41 heavy (non-hydrogen) atoms. The lowest BCUT2D eigenvalue weighted by Gasteiger charge is -2.16. The molecule has 0 N–H and O–H groups in total. The fourth-order valence-corrected chi connectivity index (χ4v) is 7.89. The average molecular weight is 621 g/mol. The van der Waals surface area contributed by atoms with Crippen LogP contribution in [0.15, 0.2) is 94.9 Å². The SMILES string of the molecule is O=C1C(=Cc2cn(-c3ccccc3)nc2-c2cccc(S(=O)(=O)N3CCCC3)c2)SC(=S)N1Cc1ccccc1Cl. The number of nitrogens with zero attached hydrogens (tertiary/aromatic N) is 4. The minimum atomic E-state index is -3.62. The second-order valence-electron chi connectivity index (χ2n) is 9.71. The van der Waals surface area contributed by atoms with E-state index in [1.807, 2.05) is 60.8 Å². The Balaban J connectivity index is 1.39. The van der Waals surface area contributed by atoms with Gasteiger partial charge < -0.3 is 0 Å². The van der Waals surface area contributed by atoms with E-state index in [2.05, 4.69) is 0 Å². The number of halogens is 1. The summed E-state index contributed by atoms with van der Waals surface area (Å²) in [6.07, 6.45) is 5.33. The molecule has 0 spiro atoms. The summed E-state index contributed by atoms with van der Waals surface area (Å²) in [5.41, 5.74) is 3.50. The number of aromatic nitrogens is 2. The maximum Gasteiger partial charge on any atom is 0.266 e. The van der Waals surface area contributed by atoms with Crippen molar-refractivity contribution < 1.29 is 13.2 Å². The average Bonchev–Trinajstić information content (AvgIpc) is 3.73. The Kier molecular flexibility index (Phi) is 7.84. The van der Waals surface area contributed by atoms with E-state index < -0.39 is 10.0 Å². The Hall–Kier alpha value is -3.28. The van der Waals surface area contributed by atoms with Crippen molar-refractivity contribution in [2.24, 2.45) is 0 Å². The number of amides is 1. The molecular weight excluding hydrogens is 596 g/mol. The van der Waals surface area contributed by atoms with Gasteiger partial charge in [0.15, 0.2) is 0 Å². The van der Waals surface area contributed by atoms with Gasteiger partial charge in [0.1, 0.15) is 10.0 Å². The number of thioether (sulfide) groups is 1. The first kappa shape index (κ1) is 27.9. The highest BCUT2D eigenvalue weighted by atomic mass is 35.5. The highest BCUT2D eigenvalue weighted by Crippen LogP contribution is 2.37. The molecule has 4 aromatic rings. The molecular formula is C30H25ClN4O3S3. The molecule has 0 bridgehead atoms. The Morgan fingerprint density at radius 2 is 1.71 bits per heavy atom. The summed E-state index contributed by atoms with van der Waals surface area (Å²) in [6, 6.07) is 23.8. The Bertz CT molecular complexity index is 1780. The lowest BCUT2D eigenvalue weighted by Crippen LogP contribution is -2.27. The Morgan fingerprint density at radius 1 is 0.976 bits per heavy atom. The zero-order valence-corrected chi connectivity index (χ0v) is 25.0. The van der Waals surface area contributed by atoms with E-state index in [1.165, 1.54) is 21.0 Å². The molecule has 3 aromatic carbocycles. The fourth-order valence-electron chi connectivity index (χ4n) is 4.89. The van der Waals surface area contributed by atoms with Gasteiger partial charge in [0.05, 0.1) is 22.0 Å². The lowest BCUT2D eigenvalue weighted by atomic mass is 10.1. The van der Waals surface area contributed by atoms with Crippen LogP contribution in [0.25, 0.3) is 23.0 Å². The number of carbonyl (C=O) groups is 1. The Labute approximate surface area is 253 Å². The molecule has 2 fully saturated rings. The van der Waals surface area contributed by atoms with E-state index >= 15 is 0 Å². The number of para-hydroxylation sites is 1. The van der Waals surface area contributed by atoms with Crippen LogP contribution in [0.5, 0.6) is 0 Å². The quantitative estimate of drug-likeness (QED) is 0.176. The summed E-state index contributed by atoms with van der Waals surface area (Å²) in [5, 5.41) is 5.41. The molecule has 6 rings (SSSR count). The van der Waals surface area contributed by atoms with Gasteiger partial charge in [0.2, 0.25) is 10.0 Å². The van der Waals surface area contributed by atoms with Crippen molar-refractivity contribution in [3.63, 3.8) is 0 Å². The van der Waals surface area contributed by atoms with Crippen LogP contribution < -0.4 is 0 Å². The molecule has 0 saturated carbocycles. The van der Waals surface area contributed by atoms with Crippen molar-refractivity contribution in [1.29, 1.82) is 0 Å². The molecule has 1 amide bonds. The van der Waals surface area contributed by atoms with Gasteiger partial charge in [-0.3, -0.25) is 9.69 Å². The monoisotopic (exact) mass is 620 g/mol. The summed E-state index contributed by atoms with van der Waals surface area (Å²) in [6.45, 7) is 1.32. The first-order valence-corrected chi connectivity index (χ1v) is 16.1.